The Balaban J connectivity index is 2.03. The lowest BCUT2D eigenvalue weighted by molar-refractivity contribution is 0.0696. The minimum Gasteiger partial charge on any atom is -0.478 e. The molecule has 0 spiro atoms. The second-order valence-electron chi connectivity index (χ2n) is 5.66. The van der Waals surface area contributed by atoms with Crippen molar-refractivity contribution in [1.29, 1.82) is 0 Å². The van der Waals surface area contributed by atoms with Crippen LogP contribution < -0.4 is 4.31 Å². The number of benzene rings is 2. The molecule has 6 heteroatoms. The van der Waals surface area contributed by atoms with Crippen molar-refractivity contribution >= 4 is 21.7 Å². The van der Waals surface area contributed by atoms with Gasteiger partial charge in [0.15, 0.2) is 0 Å². The van der Waals surface area contributed by atoms with Gasteiger partial charge >= 0.3 is 5.97 Å². The lowest BCUT2D eigenvalue weighted by Gasteiger charge is -2.33. The van der Waals surface area contributed by atoms with E-state index in [0.29, 0.717) is 18.2 Å². The Kier molecular flexibility index (Phi) is 3.85. The molecule has 23 heavy (non-hydrogen) atoms. The minimum absolute atomic E-state index is 0.0663. The summed E-state index contributed by atoms with van der Waals surface area (Å²) in [4.78, 5) is 11.0. The molecule has 2 aromatic rings. The SMILES string of the molecule is C[C@H]1CCN(S(=O)(=O)c2ccc(C(=O)O)cc2)c2ccccc21. The zero-order valence-electron chi connectivity index (χ0n) is 12.6. The highest BCUT2D eigenvalue weighted by atomic mass is 32.2. The monoisotopic (exact) mass is 331 g/mol. The maximum absolute atomic E-state index is 12.9. The molecular weight excluding hydrogens is 314 g/mol. The van der Waals surface area contributed by atoms with Gasteiger partial charge in [0.25, 0.3) is 10.0 Å². The van der Waals surface area contributed by atoms with Crippen molar-refractivity contribution in [3.63, 3.8) is 0 Å². The number of para-hydroxylation sites is 1. The number of hydrogen-bond acceptors (Lipinski definition) is 3. The Labute approximate surface area is 135 Å². The molecule has 0 unspecified atom stereocenters. The van der Waals surface area contributed by atoms with E-state index < -0.39 is 16.0 Å². The van der Waals surface area contributed by atoms with Crippen LogP contribution >= 0.6 is 0 Å². The summed E-state index contributed by atoms with van der Waals surface area (Å²) in [5.41, 5.74) is 1.79. The molecule has 1 atom stereocenters. The van der Waals surface area contributed by atoms with E-state index in [1.165, 1.54) is 28.6 Å². The van der Waals surface area contributed by atoms with Gasteiger partial charge in [0, 0.05) is 6.54 Å². The lowest BCUT2D eigenvalue weighted by Crippen LogP contribution is -2.36. The van der Waals surface area contributed by atoms with Crippen molar-refractivity contribution in [1.82, 2.24) is 0 Å². The quantitative estimate of drug-likeness (QED) is 0.938. The summed E-state index contributed by atoms with van der Waals surface area (Å²) in [7, 11) is -3.70. The highest BCUT2D eigenvalue weighted by Gasteiger charge is 2.31. The summed E-state index contributed by atoms with van der Waals surface area (Å²) < 4.78 is 27.2. The molecule has 3 rings (SSSR count). The molecule has 0 bridgehead atoms. The molecule has 0 aromatic heterocycles. The van der Waals surface area contributed by atoms with Crippen LogP contribution in [0.4, 0.5) is 5.69 Å². The average molecular weight is 331 g/mol. The summed E-state index contributed by atoms with van der Waals surface area (Å²) in [6, 6.07) is 12.8. The molecule has 0 radical (unpaired) electrons. The predicted octanol–water partition coefficient (Wildman–Crippen LogP) is 3.09. The van der Waals surface area contributed by atoms with Crippen LogP contribution in [-0.4, -0.2) is 26.0 Å². The number of carboxylic acid groups (broad SMARTS) is 1. The summed E-state index contributed by atoms with van der Waals surface area (Å²) in [5, 5.41) is 8.93. The first-order chi connectivity index (χ1) is 10.9. The summed E-state index contributed by atoms with van der Waals surface area (Å²) >= 11 is 0. The zero-order valence-corrected chi connectivity index (χ0v) is 13.5. The number of carbonyl (C=O) groups is 1. The standard InChI is InChI=1S/C17H17NO4S/c1-12-10-11-18(16-5-3-2-4-15(12)16)23(21,22)14-8-6-13(7-9-14)17(19)20/h2-9,12H,10-11H2,1H3,(H,19,20)/t12-/m0/s1. The van der Waals surface area contributed by atoms with Gasteiger partial charge in [-0.15, -0.1) is 0 Å². The van der Waals surface area contributed by atoms with Gasteiger partial charge in [0.05, 0.1) is 16.1 Å². The summed E-state index contributed by atoms with van der Waals surface area (Å²) in [6.07, 6.45) is 0.753. The highest BCUT2D eigenvalue weighted by molar-refractivity contribution is 7.92. The van der Waals surface area contributed by atoms with Crippen LogP contribution in [0.15, 0.2) is 53.4 Å². The molecule has 5 nitrogen and oxygen atoms in total. The van der Waals surface area contributed by atoms with Crippen LogP contribution in [0.3, 0.4) is 0 Å². The third kappa shape index (κ3) is 2.70. The Morgan fingerprint density at radius 2 is 1.78 bits per heavy atom. The van der Waals surface area contributed by atoms with Crippen molar-refractivity contribution in [2.45, 2.75) is 24.2 Å². The Morgan fingerprint density at radius 3 is 2.43 bits per heavy atom. The average Bonchev–Trinajstić information content (AvgIpc) is 2.55. The number of hydrogen-bond donors (Lipinski definition) is 1. The van der Waals surface area contributed by atoms with E-state index >= 15 is 0 Å². The van der Waals surface area contributed by atoms with Gasteiger partial charge in [-0.2, -0.15) is 0 Å². The van der Waals surface area contributed by atoms with Crippen LogP contribution in [0, 0.1) is 0 Å². The van der Waals surface area contributed by atoms with Crippen LogP contribution in [0.5, 0.6) is 0 Å². The molecular formula is C17H17NO4S. The fourth-order valence-electron chi connectivity index (χ4n) is 2.86. The number of anilines is 1. The first-order valence-electron chi connectivity index (χ1n) is 7.36. The third-order valence-electron chi connectivity index (χ3n) is 4.19. The van der Waals surface area contributed by atoms with E-state index in [0.717, 1.165) is 12.0 Å². The Morgan fingerprint density at radius 1 is 1.13 bits per heavy atom. The van der Waals surface area contributed by atoms with Crippen molar-refractivity contribution in [3.05, 3.63) is 59.7 Å². The van der Waals surface area contributed by atoms with E-state index in [-0.39, 0.29) is 10.5 Å². The molecule has 1 heterocycles. The van der Waals surface area contributed by atoms with E-state index in [4.69, 9.17) is 5.11 Å². The van der Waals surface area contributed by atoms with Crippen LogP contribution in [0.1, 0.15) is 35.2 Å². The third-order valence-corrected chi connectivity index (χ3v) is 6.02. The fourth-order valence-corrected chi connectivity index (χ4v) is 4.37. The van der Waals surface area contributed by atoms with Crippen molar-refractivity contribution in [3.8, 4) is 0 Å². The van der Waals surface area contributed by atoms with Gasteiger partial charge in [0.1, 0.15) is 0 Å². The molecule has 1 aliphatic heterocycles. The Hall–Kier alpha value is -2.34. The number of carboxylic acids is 1. The molecule has 0 saturated heterocycles. The van der Waals surface area contributed by atoms with Crippen LogP contribution in [0.2, 0.25) is 0 Å². The first kappa shape index (κ1) is 15.6. The number of rotatable bonds is 3. The Bertz CT molecular complexity index is 843. The zero-order chi connectivity index (χ0) is 16.6. The number of nitrogens with zero attached hydrogens (tertiary/aromatic N) is 1. The van der Waals surface area contributed by atoms with Crippen LogP contribution in [0.25, 0.3) is 0 Å². The van der Waals surface area contributed by atoms with Crippen molar-refractivity contribution in [2.75, 3.05) is 10.8 Å². The smallest absolute Gasteiger partial charge is 0.335 e. The van der Waals surface area contributed by atoms with E-state index in [1.807, 2.05) is 24.3 Å². The number of fused-ring (bicyclic) bond motifs is 1. The van der Waals surface area contributed by atoms with Gasteiger partial charge in [0.2, 0.25) is 0 Å². The summed E-state index contributed by atoms with van der Waals surface area (Å²) in [6.45, 7) is 2.51. The fraction of sp³-hybridized carbons (Fsp3) is 0.235. The lowest BCUT2D eigenvalue weighted by atomic mass is 9.93. The largest absolute Gasteiger partial charge is 0.478 e. The van der Waals surface area contributed by atoms with Crippen molar-refractivity contribution < 1.29 is 18.3 Å². The maximum atomic E-state index is 12.9. The second kappa shape index (κ2) is 5.70. The van der Waals surface area contributed by atoms with E-state index in [1.54, 1.807) is 0 Å². The predicted molar refractivity (Wildman–Crippen MR) is 87.4 cm³/mol. The molecule has 0 aliphatic carbocycles. The maximum Gasteiger partial charge on any atom is 0.335 e. The molecule has 0 fully saturated rings. The van der Waals surface area contributed by atoms with Crippen molar-refractivity contribution in [2.24, 2.45) is 0 Å². The number of aromatic carboxylic acids is 1. The molecule has 120 valence electrons. The normalized spacial score (nSPS) is 17.6. The topological polar surface area (TPSA) is 74.7 Å². The van der Waals surface area contributed by atoms with Gasteiger partial charge in [-0.05, 0) is 48.2 Å². The molecule has 0 saturated carbocycles. The van der Waals surface area contributed by atoms with E-state index in [2.05, 4.69) is 6.92 Å². The van der Waals surface area contributed by atoms with Crippen LogP contribution in [-0.2, 0) is 10.0 Å². The molecule has 0 amide bonds. The highest BCUT2D eigenvalue weighted by Crippen LogP contribution is 2.37. The first-order valence-corrected chi connectivity index (χ1v) is 8.80. The van der Waals surface area contributed by atoms with Gasteiger partial charge < -0.3 is 5.11 Å². The molecule has 2 aromatic carbocycles. The molecule has 1 N–H and O–H groups in total. The van der Waals surface area contributed by atoms with Gasteiger partial charge in [-0.3, -0.25) is 4.31 Å². The number of sulfonamides is 1. The van der Waals surface area contributed by atoms with Gasteiger partial charge in [-0.25, -0.2) is 13.2 Å². The second-order valence-corrected chi connectivity index (χ2v) is 7.52. The minimum atomic E-state index is -3.70. The summed E-state index contributed by atoms with van der Waals surface area (Å²) in [5.74, 6) is -0.766. The van der Waals surface area contributed by atoms with Gasteiger partial charge in [-0.1, -0.05) is 25.1 Å². The van der Waals surface area contributed by atoms with E-state index in [9.17, 15) is 13.2 Å². The molecule has 1 aliphatic rings.